The van der Waals surface area contributed by atoms with Gasteiger partial charge in [0, 0.05) is 18.4 Å². The van der Waals surface area contributed by atoms with Crippen LogP contribution in [0.2, 0.25) is 0 Å². The molecule has 0 aliphatic rings. The Balaban J connectivity index is 2.63. The van der Waals surface area contributed by atoms with E-state index in [-0.39, 0.29) is 6.04 Å². The average molecular weight is 211 g/mol. The third-order valence-corrected chi connectivity index (χ3v) is 2.79. The molecule has 0 amide bonds. The van der Waals surface area contributed by atoms with Crippen molar-refractivity contribution in [3.05, 3.63) is 11.7 Å². The van der Waals surface area contributed by atoms with Crippen molar-refractivity contribution < 1.29 is 4.52 Å². The van der Waals surface area contributed by atoms with Gasteiger partial charge in [-0.1, -0.05) is 25.9 Å². The third-order valence-electron chi connectivity index (χ3n) is 2.79. The van der Waals surface area contributed by atoms with Crippen molar-refractivity contribution in [2.24, 2.45) is 5.73 Å². The second-order valence-corrected chi connectivity index (χ2v) is 3.93. The van der Waals surface area contributed by atoms with Gasteiger partial charge in [-0.15, -0.1) is 0 Å². The van der Waals surface area contributed by atoms with E-state index in [1.807, 2.05) is 0 Å². The van der Waals surface area contributed by atoms with E-state index >= 15 is 0 Å². The fraction of sp³-hybridized carbons (Fsp3) is 0.818. The Morgan fingerprint density at radius 3 is 2.40 bits per heavy atom. The Labute approximate surface area is 91.2 Å². The van der Waals surface area contributed by atoms with Gasteiger partial charge in [-0.05, 0) is 19.3 Å². The molecule has 86 valence electrons. The van der Waals surface area contributed by atoms with E-state index in [9.17, 15) is 0 Å². The molecule has 1 atom stereocenters. The standard InChI is InChI=1S/C11H21N3O/c1-4-8(5-2)11-13-10(14-15-11)7-9(12)6-3/h8-9H,4-7,12H2,1-3H3. The van der Waals surface area contributed by atoms with Gasteiger partial charge >= 0.3 is 0 Å². The summed E-state index contributed by atoms with van der Waals surface area (Å²) < 4.78 is 5.24. The first-order chi connectivity index (χ1) is 7.21. The van der Waals surface area contributed by atoms with Gasteiger partial charge in [0.05, 0.1) is 0 Å². The van der Waals surface area contributed by atoms with Gasteiger partial charge in [0.25, 0.3) is 0 Å². The first-order valence-electron chi connectivity index (χ1n) is 5.79. The summed E-state index contributed by atoms with van der Waals surface area (Å²) in [4.78, 5) is 4.38. The molecule has 0 aliphatic carbocycles. The van der Waals surface area contributed by atoms with Gasteiger partial charge < -0.3 is 10.3 Å². The molecule has 1 aromatic heterocycles. The molecule has 1 rings (SSSR count). The van der Waals surface area contributed by atoms with Crippen molar-refractivity contribution >= 4 is 0 Å². The highest BCUT2D eigenvalue weighted by molar-refractivity contribution is 4.94. The summed E-state index contributed by atoms with van der Waals surface area (Å²) in [5.74, 6) is 1.90. The third kappa shape index (κ3) is 3.30. The van der Waals surface area contributed by atoms with Crippen molar-refractivity contribution in [1.82, 2.24) is 10.1 Å². The zero-order valence-electron chi connectivity index (χ0n) is 9.86. The molecule has 15 heavy (non-hydrogen) atoms. The summed E-state index contributed by atoms with van der Waals surface area (Å²) in [7, 11) is 0. The second kappa shape index (κ2) is 5.85. The van der Waals surface area contributed by atoms with Crippen molar-refractivity contribution in [3.63, 3.8) is 0 Å². The maximum atomic E-state index is 5.83. The monoisotopic (exact) mass is 211 g/mol. The Hall–Kier alpha value is -0.900. The van der Waals surface area contributed by atoms with Crippen LogP contribution in [-0.4, -0.2) is 16.2 Å². The normalized spacial score (nSPS) is 13.4. The molecule has 4 heteroatoms. The minimum absolute atomic E-state index is 0.136. The maximum absolute atomic E-state index is 5.83. The molecular formula is C11H21N3O. The van der Waals surface area contributed by atoms with Crippen LogP contribution in [0.1, 0.15) is 57.7 Å². The van der Waals surface area contributed by atoms with E-state index in [0.29, 0.717) is 12.3 Å². The summed E-state index contributed by atoms with van der Waals surface area (Å²) >= 11 is 0. The number of nitrogens with zero attached hydrogens (tertiary/aromatic N) is 2. The predicted octanol–water partition coefficient (Wildman–Crippen LogP) is 2.25. The van der Waals surface area contributed by atoms with Crippen molar-refractivity contribution in [3.8, 4) is 0 Å². The van der Waals surface area contributed by atoms with Gasteiger partial charge in [0.2, 0.25) is 5.89 Å². The summed E-state index contributed by atoms with van der Waals surface area (Å²) in [6.45, 7) is 6.33. The van der Waals surface area contributed by atoms with E-state index < -0.39 is 0 Å². The highest BCUT2D eigenvalue weighted by Crippen LogP contribution is 2.20. The summed E-state index contributed by atoms with van der Waals surface area (Å²) in [6.07, 6.45) is 3.73. The van der Waals surface area contributed by atoms with Crippen molar-refractivity contribution in [2.45, 2.75) is 58.4 Å². The van der Waals surface area contributed by atoms with Crippen LogP contribution in [0.15, 0.2) is 4.52 Å². The molecular weight excluding hydrogens is 190 g/mol. The van der Waals surface area contributed by atoms with Gasteiger partial charge in [-0.3, -0.25) is 0 Å². The first kappa shape index (κ1) is 12.2. The Morgan fingerprint density at radius 2 is 1.87 bits per heavy atom. The molecule has 1 heterocycles. The largest absolute Gasteiger partial charge is 0.339 e. The lowest BCUT2D eigenvalue weighted by Gasteiger charge is -2.05. The lowest BCUT2D eigenvalue weighted by atomic mass is 10.0. The first-order valence-corrected chi connectivity index (χ1v) is 5.79. The number of rotatable bonds is 6. The number of aromatic nitrogens is 2. The Kier molecular flexibility index (Phi) is 4.75. The van der Waals surface area contributed by atoms with E-state index in [1.165, 1.54) is 0 Å². The number of hydrogen-bond donors (Lipinski definition) is 1. The quantitative estimate of drug-likeness (QED) is 0.783. The molecule has 0 saturated carbocycles. The molecule has 2 N–H and O–H groups in total. The Morgan fingerprint density at radius 1 is 1.20 bits per heavy atom. The molecule has 0 aromatic carbocycles. The molecule has 0 saturated heterocycles. The van der Waals surface area contributed by atoms with Crippen molar-refractivity contribution in [1.29, 1.82) is 0 Å². The van der Waals surface area contributed by atoms with Crippen LogP contribution in [-0.2, 0) is 6.42 Å². The van der Waals surface area contributed by atoms with E-state index in [2.05, 4.69) is 30.9 Å². The van der Waals surface area contributed by atoms with Gasteiger partial charge in [-0.2, -0.15) is 4.98 Å². The van der Waals surface area contributed by atoms with Crippen LogP contribution >= 0.6 is 0 Å². The summed E-state index contributed by atoms with van der Waals surface area (Å²) in [5.41, 5.74) is 5.83. The van der Waals surface area contributed by atoms with E-state index in [1.54, 1.807) is 0 Å². The van der Waals surface area contributed by atoms with Crippen LogP contribution in [0.5, 0.6) is 0 Å². The molecule has 0 bridgehead atoms. The minimum Gasteiger partial charge on any atom is -0.339 e. The average Bonchev–Trinajstić information content (AvgIpc) is 2.68. The molecule has 1 aromatic rings. The highest BCUT2D eigenvalue weighted by Gasteiger charge is 2.16. The number of nitrogens with two attached hydrogens (primary N) is 1. The van der Waals surface area contributed by atoms with Gasteiger partial charge in [0.15, 0.2) is 5.82 Å². The summed E-state index contributed by atoms with van der Waals surface area (Å²) in [6, 6.07) is 0.136. The molecule has 0 spiro atoms. The molecule has 1 unspecified atom stereocenters. The zero-order chi connectivity index (χ0) is 11.3. The van der Waals surface area contributed by atoms with Gasteiger partial charge in [0.1, 0.15) is 0 Å². The van der Waals surface area contributed by atoms with Crippen molar-refractivity contribution in [2.75, 3.05) is 0 Å². The fourth-order valence-corrected chi connectivity index (χ4v) is 1.53. The fourth-order valence-electron chi connectivity index (χ4n) is 1.53. The number of hydrogen-bond acceptors (Lipinski definition) is 4. The highest BCUT2D eigenvalue weighted by atomic mass is 16.5. The SMILES string of the molecule is CCC(N)Cc1noc(C(CC)CC)n1. The molecule has 4 nitrogen and oxygen atoms in total. The van der Waals surface area contributed by atoms with Gasteiger partial charge in [-0.25, -0.2) is 0 Å². The topological polar surface area (TPSA) is 64.9 Å². The predicted molar refractivity (Wildman–Crippen MR) is 59.6 cm³/mol. The van der Waals surface area contributed by atoms with Crippen LogP contribution in [0.3, 0.4) is 0 Å². The van der Waals surface area contributed by atoms with Crippen LogP contribution in [0, 0.1) is 0 Å². The van der Waals surface area contributed by atoms with Crippen LogP contribution < -0.4 is 5.73 Å². The lowest BCUT2D eigenvalue weighted by Crippen LogP contribution is -2.22. The Bertz CT molecular complexity index is 281. The molecule has 0 fully saturated rings. The molecule has 0 aliphatic heterocycles. The lowest BCUT2D eigenvalue weighted by molar-refractivity contribution is 0.341. The van der Waals surface area contributed by atoms with E-state index in [4.69, 9.17) is 10.3 Å². The molecule has 0 radical (unpaired) electrons. The van der Waals surface area contributed by atoms with E-state index in [0.717, 1.165) is 31.0 Å². The van der Waals surface area contributed by atoms with Crippen LogP contribution in [0.4, 0.5) is 0 Å². The maximum Gasteiger partial charge on any atom is 0.229 e. The minimum atomic E-state index is 0.136. The smallest absolute Gasteiger partial charge is 0.229 e. The van der Waals surface area contributed by atoms with Crippen LogP contribution in [0.25, 0.3) is 0 Å². The second-order valence-electron chi connectivity index (χ2n) is 3.93. The summed E-state index contributed by atoms with van der Waals surface area (Å²) in [5, 5.41) is 3.95. The zero-order valence-corrected chi connectivity index (χ0v) is 9.86.